The van der Waals surface area contributed by atoms with Crippen LogP contribution < -0.4 is 0 Å². The van der Waals surface area contributed by atoms with E-state index in [9.17, 15) is 9.59 Å². The number of hydrogen-bond acceptors (Lipinski definition) is 2. The molecule has 0 aliphatic heterocycles. The molecule has 0 aromatic heterocycles. The Morgan fingerprint density at radius 1 is 1.14 bits per heavy atom. The fourth-order valence-corrected chi connectivity index (χ4v) is 1.29. The third-order valence-corrected chi connectivity index (χ3v) is 1.84. The summed E-state index contributed by atoms with van der Waals surface area (Å²) in [4.78, 5) is 21.0. The first-order valence-corrected chi connectivity index (χ1v) is 4.36. The Labute approximate surface area is 83.3 Å². The number of benzene rings is 1. The first-order chi connectivity index (χ1) is 6.65. The number of aryl methyl sites for hydroxylation is 1. The average molecular weight is 188 g/mol. The van der Waals surface area contributed by atoms with Crippen LogP contribution in [0.25, 0.3) is 6.08 Å². The van der Waals surface area contributed by atoms with Gasteiger partial charge in [0, 0.05) is 5.56 Å². The van der Waals surface area contributed by atoms with Crippen LogP contribution in [0.15, 0.2) is 23.8 Å². The van der Waals surface area contributed by atoms with Gasteiger partial charge < -0.3 is 0 Å². The van der Waals surface area contributed by atoms with Gasteiger partial charge in [0.2, 0.25) is 0 Å². The molecule has 1 rings (SSSR count). The minimum absolute atomic E-state index is 0.634. The summed E-state index contributed by atoms with van der Waals surface area (Å²) in [7, 11) is 0. The second kappa shape index (κ2) is 4.51. The summed E-state index contributed by atoms with van der Waals surface area (Å²) in [5.74, 6) is 0. The molecule has 1 aromatic carbocycles. The van der Waals surface area contributed by atoms with Gasteiger partial charge in [-0.1, -0.05) is 6.07 Å². The predicted octanol–water partition coefficient (Wildman–Crippen LogP) is 2.41. The van der Waals surface area contributed by atoms with Crippen molar-refractivity contribution in [3.63, 3.8) is 0 Å². The summed E-state index contributed by atoms with van der Waals surface area (Å²) >= 11 is 0. The van der Waals surface area contributed by atoms with E-state index >= 15 is 0 Å². The van der Waals surface area contributed by atoms with Crippen LogP contribution in [0.1, 0.15) is 28.4 Å². The Balaban J connectivity index is 3.15. The van der Waals surface area contributed by atoms with Crippen LogP contribution in [0, 0.1) is 6.92 Å². The minimum atomic E-state index is 0.634. The van der Waals surface area contributed by atoms with Crippen molar-refractivity contribution in [3.8, 4) is 0 Å². The Morgan fingerprint density at radius 2 is 1.79 bits per heavy atom. The lowest BCUT2D eigenvalue weighted by Gasteiger charge is -1.99. The summed E-state index contributed by atoms with van der Waals surface area (Å²) in [6, 6.07) is 5.49. The maximum absolute atomic E-state index is 10.6. The molecule has 2 heteroatoms. The number of carbonyl (C=O) groups is 2. The molecule has 1 aromatic rings. The normalized spacial score (nSPS) is 11.1. The quantitative estimate of drug-likeness (QED) is 0.539. The summed E-state index contributed by atoms with van der Waals surface area (Å²) in [6.07, 6.45) is 3.36. The van der Waals surface area contributed by atoms with Gasteiger partial charge in [-0.2, -0.15) is 0 Å². The Kier molecular flexibility index (Phi) is 3.35. The van der Waals surface area contributed by atoms with Crippen molar-refractivity contribution in [3.05, 3.63) is 40.5 Å². The van der Waals surface area contributed by atoms with E-state index in [4.69, 9.17) is 0 Å². The van der Waals surface area contributed by atoms with Crippen molar-refractivity contribution < 1.29 is 9.59 Å². The third-order valence-electron chi connectivity index (χ3n) is 1.84. The van der Waals surface area contributed by atoms with Gasteiger partial charge in [-0.25, -0.2) is 0 Å². The molecule has 0 saturated heterocycles. The van der Waals surface area contributed by atoms with Crippen molar-refractivity contribution in [2.24, 2.45) is 0 Å². The van der Waals surface area contributed by atoms with Gasteiger partial charge >= 0.3 is 0 Å². The number of hydrogen-bond donors (Lipinski definition) is 0. The molecular weight excluding hydrogens is 176 g/mol. The van der Waals surface area contributed by atoms with E-state index in [-0.39, 0.29) is 0 Å². The molecule has 0 N–H and O–H groups in total. The number of carbonyl (C=O) groups excluding carboxylic acids is 2. The second-order valence-electron chi connectivity index (χ2n) is 3.30. The Bertz CT molecular complexity index is 389. The van der Waals surface area contributed by atoms with Crippen molar-refractivity contribution in [1.82, 2.24) is 0 Å². The number of aldehydes is 2. The Morgan fingerprint density at radius 3 is 2.36 bits per heavy atom. The van der Waals surface area contributed by atoms with Crippen molar-refractivity contribution in [2.75, 3.05) is 0 Å². The van der Waals surface area contributed by atoms with Gasteiger partial charge in [-0.3, -0.25) is 9.59 Å². The molecule has 0 saturated carbocycles. The molecule has 0 radical (unpaired) electrons. The van der Waals surface area contributed by atoms with Gasteiger partial charge in [0.15, 0.2) is 0 Å². The van der Waals surface area contributed by atoms with Crippen LogP contribution in [0.2, 0.25) is 0 Å². The lowest BCUT2D eigenvalue weighted by atomic mass is 10.1. The fraction of sp³-hybridized carbons (Fsp3) is 0.167. The molecule has 0 spiro atoms. The minimum Gasteiger partial charge on any atom is -0.298 e. The van der Waals surface area contributed by atoms with E-state index in [0.717, 1.165) is 23.7 Å². The SMILES string of the molecule is C/C(C=O)=C\c1cc(C)cc(C=O)c1. The van der Waals surface area contributed by atoms with Gasteiger partial charge in [-0.05, 0) is 48.8 Å². The van der Waals surface area contributed by atoms with Crippen molar-refractivity contribution in [2.45, 2.75) is 13.8 Å². The fourth-order valence-electron chi connectivity index (χ4n) is 1.29. The van der Waals surface area contributed by atoms with E-state index < -0.39 is 0 Å². The monoisotopic (exact) mass is 188 g/mol. The lowest BCUT2D eigenvalue weighted by molar-refractivity contribution is -0.104. The van der Waals surface area contributed by atoms with Crippen LogP contribution in [0.3, 0.4) is 0 Å². The Hall–Kier alpha value is -1.70. The smallest absolute Gasteiger partial charge is 0.150 e. The van der Waals surface area contributed by atoms with E-state index in [1.165, 1.54) is 0 Å². The molecule has 0 fully saturated rings. The highest BCUT2D eigenvalue weighted by molar-refractivity contribution is 5.82. The lowest BCUT2D eigenvalue weighted by Crippen LogP contribution is -1.85. The summed E-state index contributed by atoms with van der Waals surface area (Å²) in [5.41, 5.74) is 3.18. The molecule has 14 heavy (non-hydrogen) atoms. The molecular formula is C12H12O2. The molecule has 0 bridgehead atoms. The van der Waals surface area contributed by atoms with Crippen LogP contribution in [0.4, 0.5) is 0 Å². The highest BCUT2D eigenvalue weighted by Gasteiger charge is 1.96. The highest BCUT2D eigenvalue weighted by atomic mass is 16.1. The standard InChI is InChI=1S/C12H12O2/c1-9-3-11(5-10(2)7-13)6-12(4-9)8-14/h3-8H,1-2H3/b10-5+. The van der Waals surface area contributed by atoms with Crippen LogP contribution >= 0.6 is 0 Å². The summed E-state index contributed by atoms with van der Waals surface area (Å²) < 4.78 is 0. The van der Waals surface area contributed by atoms with E-state index in [0.29, 0.717) is 11.1 Å². The van der Waals surface area contributed by atoms with Gasteiger partial charge in [0.05, 0.1) is 0 Å². The zero-order valence-corrected chi connectivity index (χ0v) is 8.28. The molecule has 0 amide bonds. The van der Waals surface area contributed by atoms with Gasteiger partial charge in [-0.15, -0.1) is 0 Å². The maximum Gasteiger partial charge on any atom is 0.150 e. The maximum atomic E-state index is 10.6. The number of allylic oxidation sites excluding steroid dienone is 1. The first-order valence-electron chi connectivity index (χ1n) is 4.36. The topological polar surface area (TPSA) is 34.1 Å². The molecule has 2 nitrogen and oxygen atoms in total. The largest absolute Gasteiger partial charge is 0.298 e. The summed E-state index contributed by atoms with van der Waals surface area (Å²) in [6.45, 7) is 3.65. The van der Waals surface area contributed by atoms with Crippen LogP contribution in [-0.4, -0.2) is 12.6 Å². The van der Waals surface area contributed by atoms with E-state index in [1.54, 1.807) is 25.1 Å². The van der Waals surface area contributed by atoms with Crippen molar-refractivity contribution in [1.29, 1.82) is 0 Å². The summed E-state index contributed by atoms with van der Waals surface area (Å²) in [5, 5.41) is 0. The van der Waals surface area contributed by atoms with Gasteiger partial charge in [0.25, 0.3) is 0 Å². The van der Waals surface area contributed by atoms with Crippen LogP contribution in [-0.2, 0) is 4.79 Å². The molecule has 0 atom stereocenters. The molecule has 0 unspecified atom stereocenters. The molecule has 0 heterocycles. The van der Waals surface area contributed by atoms with E-state index in [2.05, 4.69) is 0 Å². The zero-order chi connectivity index (χ0) is 10.6. The number of rotatable bonds is 3. The van der Waals surface area contributed by atoms with Crippen molar-refractivity contribution >= 4 is 18.6 Å². The zero-order valence-electron chi connectivity index (χ0n) is 8.28. The third kappa shape index (κ3) is 2.66. The van der Waals surface area contributed by atoms with Gasteiger partial charge in [0.1, 0.15) is 12.6 Å². The average Bonchev–Trinajstić information content (AvgIpc) is 2.16. The van der Waals surface area contributed by atoms with E-state index in [1.807, 2.05) is 13.0 Å². The predicted molar refractivity (Wildman–Crippen MR) is 56.3 cm³/mol. The van der Waals surface area contributed by atoms with Crippen LogP contribution in [0.5, 0.6) is 0 Å². The second-order valence-corrected chi connectivity index (χ2v) is 3.30. The molecule has 0 aliphatic rings. The molecule has 72 valence electrons. The highest BCUT2D eigenvalue weighted by Crippen LogP contribution is 2.11. The first kappa shape index (κ1) is 10.4. The molecule has 0 aliphatic carbocycles.